The monoisotopic (exact) mass is 984 g/mol. The van der Waals surface area contributed by atoms with E-state index in [1.807, 2.05) is 37.3 Å². The van der Waals surface area contributed by atoms with E-state index in [1.54, 1.807) is 48.4 Å². The predicted octanol–water partition coefficient (Wildman–Crippen LogP) is 4.72. The van der Waals surface area contributed by atoms with Gasteiger partial charge in [-0.2, -0.15) is 63.6 Å². The van der Waals surface area contributed by atoms with Crippen LogP contribution in [0.2, 0.25) is 0 Å². The lowest BCUT2D eigenvalue weighted by atomic mass is 10.1. The summed E-state index contributed by atoms with van der Waals surface area (Å²) >= 11 is 0. The lowest BCUT2D eigenvalue weighted by Crippen LogP contribution is -2.27. The number of nitrogens with zero attached hydrogens (tertiary/aromatic N) is 8. The number of rotatable bonds is 19. The molecule has 0 bridgehead atoms. The molecule has 0 radical (unpaired) electrons. The van der Waals surface area contributed by atoms with Crippen LogP contribution in [0, 0.1) is 0 Å². The molecule has 0 saturated carbocycles. The molecule has 0 spiro atoms. The molecule has 2 heterocycles. The maximum Gasteiger partial charge on any atom is 0.296 e. The summed E-state index contributed by atoms with van der Waals surface area (Å²) in [5.74, 6) is -0.960. The molecule has 6 aromatic rings. The van der Waals surface area contributed by atoms with Gasteiger partial charge in [0, 0.05) is 44.2 Å². The van der Waals surface area contributed by atoms with Gasteiger partial charge in [0.25, 0.3) is 40.5 Å². The minimum Gasteiger partial charge on any atom is -0.344 e. The van der Waals surface area contributed by atoms with E-state index >= 15 is 0 Å². The van der Waals surface area contributed by atoms with E-state index in [0.29, 0.717) is 35.9 Å². The average Bonchev–Trinajstić information content (AvgIpc) is 3.24. The number of hydrogen-bond acceptors (Lipinski definition) is 20. The Hall–Kier alpha value is -6.92. The second-order valence-electron chi connectivity index (χ2n) is 13.9. The van der Waals surface area contributed by atoms with Crippen molar-refractivity contribution in [3.05, 3.63) is 102 Å². The molecule has 0 amide bonds. The molecule has 2 aromatic heterocycles. The highest BCUT2D eigenvalue weighted by Crippen LogP contribution is 2.30. The lowest BCUT2D eigenvalue weighted by molar-refractivity contribution is 0.479. The Balaban J connectivity index is 1.25. The van der Waals surface area contributed by atoms with Crippen LogP contribution in [-0.2, 0) is 40.5 Å². The predicted molar refractivity (Wildman–Crippen MR) is 246 cm³/mol. The molecule has 0 aliphatic heterocycles. The van der Waals surface area contributed by atoms with Crippen LogP contribution in [-0.4, -0.2) is 115 Å². The van der Waals surface area contributed by atoms with E-state index in [1.165, 1.54) is 30.2 Å². The third kappa shape index (κ3) is 13.3. The molecule has 0 unspecified atom stereocenters. The van der Waals surface area contributed by atoms with Gasteiger partial charge in [-0.25, -0.2) is 0 Å². The lowest BCUT2D eigenvalue weighted by Gasteiger charge is -2.18. The Morgan fingerprint density at radius 3 is 1.58 bits per heavy atom. The first-order valence-electron chi connectivity index (χ1n) is 18.9. The van der Waals surface area contributed by atoms with Crippen molar-refractivity contribution in [3.8, 4) is 0 Å². The minimum atomic E-state index is -4.98. The summed E-state index contributed by atoms with van der Waals surface area (Å²) in [5.41, 5.74) is 1.44. The second kappa shape index (κ2) is 19.7. The molecule has 28 heteroatoms. The van der Waals surface area contributed by atoms with Gasteiger partial charge in [-0.1, -0.05) is 48.6 Å². The van der Waals surface area contributed by atoms with Gasteiger partial charge in [0.1, 0.15) is 9.79 Å². The Morgan fingerprint density at radius 2 is 1.05 bits per heavy atom. The molecule has 6 rings (SSSR count). The molecule has 0 fully saturated rings. The van der Waals surface area contributed by atoms with Crippen molar-refractivity contribution in [2.75, 3.05) is 64.0 Å². The first-order valence-corrected chi connectivity index (χ1v) is 24.9. The van der Waals surface area contributed by atoms with Gasteiger partial charge in [-0.3, -0.25) is 18.2 Å². The molecule has 4 aromatic carbocycles. The third-order valence-corrected chi connectivity index (χ3v) is 12.4. The number of anilines is 10. The average molecular weight is 985 g/mol. The maximum atomic E-state index is 12.6. The molecule has 0 aliphatic rings. The van der Waals surface area contributed by atoms with E-state index in [4.69, 9.17) is 0 Å². The fourth-order valence-electron chi connectivity index (χ4n) is 5.65. The van der Waals surface area contributed by atoms with Gasteiger partial charge in [-0.05, 0) is 72.6 Å². The Morgan fingerprint density at radius 1 is 0.530 bits per heavy atom. The number of benzene rings is 4. The van der Waals surface area contributed by atoms with E-state index < -0.39 is 72.5 Å². The van der Waals surface area contributed by atoms with Crippen molar-refractivity contribution < 1.29 is 51.9 Å². The number of hydrogen-bond donors (Lipinski definition) is 8. The fourth-order valence-corrected chi connectivity index (χ4v) is 8.00. The highest BCUT2D eigenvalue weighted by molar-refractivity contribution is 7.86. The van der Waals surface area contributed by atoms with Crippen molar-refractivity contribution in [3.63, 3.8) is 0 Å². The van der Waals surface area contributed by atoms with Crippen LogP contribution in [0.3, 0.4) is 0 Å². The van der Waals surface area contributed by atoms with Crippen LogP contribution in [0.15, 0.2) is 106 Å². The van der Waals surface area contributed by atoms with E-state index in [0.717, 1.165) is 11.8 Å². The van der Waals surface area contributed by atoms with Crippen LogP contribution in [0.1, 0.15) is 18.1 Å². The quantitative estimate of drug-likeness (QED) is 0.0402. The first-order chi connectivity index (χ1) is 30.9. The van der Waals surface area contributed by atoms with Gasteiger partial charge in [0.05, 0.1) is 16.3 Å². The van der Waals surface area contributed by atoms with Crippen molar-refractivity contribution in [2.24, 2.45) is 0 Å². The van der Waals surface area contributed by atoms with Crippen molar-refractivity contribution >= 4 is 111 Å². The molecule has 24 nitrogen and oxygen atoms in total. The highest BCUT2D eigenvalue weighted by atomic mass is 32.2. The molecule has 348 valence electrons. The number of para-hydroxylation sites is 1. The van der Waals surface area contributed by atoms with Crippen LogP contribution >= 0.6 is 0 Å². The summed E-state index contributed by atoms with van der Waals surface area (Å²) in [5, 5.41) is 11.5. The molecular weight excluding hydrogens is 945 g/mol. The summed E-state index contributed by atoms with van der Waals surface area (Å²) < 4.78 is 135. The zero-order chi connectivity index (χ0) is 48.0. The molecule has 8 N–H and O–H groups in total. The Kier molecular flexibility index (Phi) is 14.5. The summed E-state index contributed by atoms with van der Waals surface area (Å²) in [4.78, 5) is 26.9. The third-order valence-electron chi connectivity index (χ3n) is 9.06. The zero-order valence-electron chi connectivity index (χ0n) is 34.7. The van der Waals surface area contributed by atoms with Crippen molar-refractivity contribution in [1.29, 1.82) is 0 Å². The van der Waals surface area contributed by atoms with E-state index in [-0.39, 0.29) is 41.6 Å². The molecule has 0 saturated heterocycles. The molecule has 0 aliphatic carbocycles. The minimum absolute atomic E-state index is 0.0961. The van der Waals surface area contributed by atoms with Crippen molar-refractivity contribution in [2.45, 2.75) is 21.6 Å². The van der Waals surface area contributed by atoms with Gasteiger partial charge in [0.15, 0.2) is 0 Å². The van der Waals surface area contributed by atoms with Crippen LogP contribution in [0.25, 0.3) is 12.2 Å². The summed E-state index contributed by atoms with van der Waals surface area (Å²) in [7, 11) is -15.9. The molecule has 0 atom stereocenters. The maximum absolute atomic E-state index is 12.6. The first kappa shape index (κ1) is 48.5. The Bertz CT molecular complexity index is 3240. The number of aromatic nitrogens is 6. The summed E-state index contributed by atoms with van der Waals surface area (Å²) in [6.07, 6.45) is 3.03. The van der Waals surface area contributed by atoms with Crippen LogP contribution < -0.4 is 31.1 Å². The summed E-state index contributed by atoms with van der Waals surface area (Å²) in [6.45, 7) is 2.16. The molecular formula is C38H40N12O12S4. The Labute approximate surface area is 378 Å². The number of nitrogens with one attached hydrogen (secondary N) is 4. The fraction of sp³-hybridized carbons (Fsp3) is 0.158. The van der Waals surface area contributed by atoms with Gasteiger partial charge in [-0.15, -0.1) is 0 Å². The van der Waals surface area contributed by atoms with Gasteiger partial charge in [0.2, 0.25) is 35.7 Å². The van der Waals surface area contributed by atoms with Crippen LogP contribution in [0.5, 0.6) is 0 Å². The zero-order valence-corrected chi connectivity index (χ0v) is 38.0. The standard InChI is InChI=1S/C38H40N12O12S4/c1-4-49(2)37-45-33(39-26-8-6-5-7-9-26)43-35(46-37)41-28-17-14-25(32(22-28)66(60,61)62)13-10-24-11-15-27(16-12-24)40-34-44-36(48-38(47-34)50(3)20-21-63(51,52)53)42-30-23-29(64(54,55)56)18-19-31(30)65(57,58)59/h5-19,22-23H,4,20-21H2,1-3H3,(H,51,52,53)(H,54,55,56)(H,57,58,59)(H,60,61,62)(H2,39,41,43,45,46)(H2,40,42,44,47,48)/b13-10+. The topological polar surface area (TPSA) is 349 Å². The van der Waals surface area contributed by atoms with Gasteiger partial charge >= 0.3 is 0 Å². The SMILES string of the molecule is CCN(C)c1nc(Nc2ccccc2)nc(Nc2ccc(/C=C/c3ccc(Nc4nc(Nc5cc(S(=O)(=O)O)ccc5S(=O)(=O)O)nc(N(C)CCS(=O)(=O)O)n4)cc3)c(S(=O)(=O)O)c2)n1. The smallest absolute Gasteiger partial charge is 0.296 e. The van der Waals surface area contributed by atoms with Crippen LogP contribution in [0.4, 0.5) is 58.4 Å². The van der Waals surface area contributed by atoms with E-state index in [2.05, 4.69) is 51.2 Å². The van der Waals surface area contributed by atoms with E-state index in [9.17, 15) is 51.9 Å². The molecule has 66 heavy (non-hydrogen) atoms. The van der Waals surface area contributed by atoms with Gasteiger partial charge < -0.3 is 31.1 Å². The second-order valence-corrected chi connectivity index (χ2v) is 19.7. The largest absolute Gasteiger partial charge is 0.344 e. The summed E-state index contributed by atoms with van der Waals surface area (Å²) in [6, 6.07) is 22.0. The highest BCUT2D eigenvalue weighted by Gasteiger charge is 2.22. The van der Waals surface area contributed by atoms with Crippen molar-refractivity contribution in [1.82, 2.24) is 29.9 Å². The normalized spacial score (nSPS) is 12.2.